The van der Waals surface area contributed by atoms with Crippen LogP contribution in [-0.2, 0) is 14.3 Å². The van der Waals surface area contributed by atoms with Crippen molar-refractivity contribution < 1.29 is 23.9 Å². The summed E-state index contributed by atoms with van der Waals surface area (Å²) < 4.78 is 11.1. The minimum absolute atomic E-state index is 0.166. The van der Waals surface area contributed by atoms with Gasteiger partial charge in [0, 0.05) is 45.5 Å². The van der Waals surface area contributed by atoms with Crippen LogP contribution in [0.15, 0.2) is 60.7 Å². The van der Waals surface area contributed by atoms with E-state index in [2.05, 4.69) is 15.5 Å². The molecule has 1 unspecified atom stereocenters. The van der Waals surface area contributed by atoms with Gasteiger partial charge in [-0.25, -0.2) is 4.79 Å². The summed E-state index contributed by atoms with van der Waals surface area (Å²) in [4.78, 5) is 43.9. The number of amides is 4. The van der Waals surface area contributed by atoms with E-state index >= 15 is 0 Å². The monoisotopic (exact) mass is 639 g/mol. The zero-order valence-corrected chi connectivity index (χ0v) is 26.2. The molecule has 0 aromatic heterocycles. The first-order valence-corrected chi connectivity index (χ1v) is 15.2. The number of likely N-dealkylation sites (N-methyl/N-ethyl adjacent to an activating group) is 1. The maximum atomic E-state index is 13.8. The first kappa shape index (κ1) is 31.6. The molecule has 12 heteroatoms. The van der Waals surface area contributed by atoms with Crippen LogP contribution in [0.5, 0.6) is 5.75 Å². The summed E-state index contributed by atoms with van der Waals surface area (Å²) in [5, 5.41) is 5.93. The summed E-state index contributed by atoms with van der Waals surface area (Å²) in [6.45, 7) is 3.48. The second-order valence-corrected chi connectivity index (χ2v) is 11.5. The molecule has 44 heavy (non-hydrogen) atoms. The molecule has 0 bridgehead atoms. The molecule has 0 spiro atoms. The number of morpholine rings is 1. The fraction of sp³-hybridized carbons (Fsp3) is 0.344. The van der Waals surface area contributed by atoms with E-state index < -0.39 is 0 Å². The Morgan fingerprint density at radius 3 is 2.45 bits per heavy atom. The van der Waals surface area contributed by atoms with Gasteiger partial charge in [-0.3, -0.25) is 19.4 Å². The van der Waals surface area contributed by atoms with E-state index in [0.717, 1.165) is 36.3 Å². The van der Waals surface area contributed by atoms with Crippen molar-refractivity contribution in [3.63, 3.8) is 0 Å². The number of fused-ring (bicyclic) bond motifs is 1. The standard InChI is InChI=1S/C32H35Cl2N5O5/c1-35-32(42)36-24-5-3-4-23(16-24)21-6-8-22(9-7-21)27(10-11-38-12-14-43-15-13-38)37(2)30(40)19-39-28-17-25(33)26(34)18-29(28)44-20-31(39)41/h3-9,16-18,27H,10-15,19-20H2,1-2H3,(H2,35,36,42). The highest BCUT2D eigenvalue weighted by atomic mass is 35.5. The molecular weight excluding hydrogens is 605 g/mol. The van der Waals surface area contributed by atoms with Crippen LogP contribution >= 0.6 is 23.2 Å². The molecule has 2 N–H and O–H groups in total. The Morgan fingerprint density at radius 1 is 1.00 bits per heavy atom. The number of benzene rings is 3. The Balaban J connectivity index is 1.37. The summed E-state index contributed by atoms with van der Waals surface area (Å²) in [6, 6.07) is 18.3. The van der Waals surface area contributed by atoms with E-state index in [4.69, 9.17) is 32.7 Å². The van der Waals surface area contributed by atoms with E-state index in [9.17, 15) is 14.4 Å². The second-order valence-electron chi connectivity index (χ2n) is 10.7. The minimum atomic E-state index is -0.333. The van der Waals surface area contributed by atoms with Gasteiger partial charge in [0.15, 0.2) is 6.61 Å². The average Bonchev–Trinajstić information content (AvgIpc) is 3.04. The summed E-state index contributed by atoms with van der Waals surface area (Å²) in [6.07, 6.45) is 0.697. The lowest BCUT2D eigenvalue weighted by atomic mass is 9.97. The third-order valence-corrected chi connectivity index (χ3v) is 8.62. The number of carbonyl (C=O) groups excluding carboxylic acids is 3. The lowest BCUT2D eigenvalue weighted by Gasteiger charge is -2.35. The molecule has 1 atom stereocenters. The topological polar surface area (TPSA) is 103 Å². The highest BCUT2D eigenvalue weighted by Gasteiger charge is 2.31. The van der Waals surface area contributed by atoms with Crippen molar-refractivity contribution >= 4 is 52.4 Å². The number of anilines is 2. The van der Waals surface area contributed by atoms with Gasteiger partial charge in [-0.15, -0.1) is 0 Å². The Bertz CT molecular complexity index is 1510. The molecule has 4 amide bonds. The van der Waals surface area contributed by atoms with Crippen LogP contribution in [0.2, 0.25) is 10.0 Å². The maximum Gasteiger partial charge on any atom is 0.318 e. The molecule has 232 valence electrons. The lowest BCUT2D eigenvalue weighted by molar-refractivity contribution is -0.133. The van der Waals surface area contributed by atoms with Gasteiger partial charge in [0.05, 0.1) is 35.0 Å². The van der Waals surface area contributed by atoms with Crippen LogP contribution in [0.4, 0.5) is 16.2 Å². The maximum absolute atomic E-state index is 13.8. The number of hydrogen-bond acceptors (Lipinski definition) is 6. The number of carbonyl (C=O) groups is 3. The van der Waals surface area contributed by atoms with Crippen LogP contribution in [0.1, 0.15) is 18.0 Å². The number of halogens is 2. The SMILES string of the molecule is CNC(=O)Nc1cccc(-c2ccc(C(CCN3CCOCC3)N(C)C(=O)CN3C(=O)COc4cc(Cl)c(Cl)cc43)cc2)c1. The molecule has 0 saturated carbocycles. The summed E-state index contributed by atoms with van der Waals surface area (Å²) in [7, 11) is 3.34. The van der Waals surface area contributed by atoms with Gasteiger partial charge in [-0.2, -0.15) is 0 Å². The summed E-state index contributed by atoms with van der Waals surface area (Å²) in [5.74, 6) is -0.148. The highest BCUT2D eigenvalue weighted by molar-refractivity contribution is 6.42. The molecule has 1 fully saturated rings. The number of hydrogen-bond donors (Lipinski definition) is 2. The summed E-state index contributed by atoms with van der Waals surface area (Å²) in [5.41, 5.74) is 3.99. The Morgan fingerprint density at radius 2 is 1.73 bits per heavy atom. The number of nitrogens with zero attached hydrogens (tertiary/aromatic N) is 3. The Kier molecular flexibility index (Phi) is 10.3. The quantitative estimate of drug-likeness (QED) is 0.339. The molecule has 5 rings (SSSR count). The van der Waals surface area contributed by atoms with Crippen molar-refractivity contribution in [1.82, 2.24) is 15.1 Å². The first-order chi connectivity index (χ1) is 21.2. The van der Waals surface area contributed by atoms with Crippen molar-refractivity contribution in [3.05, 3.63) is 76.3 Å². The molecule has 0 aliphatic carbocycles. The molecule has 2 aliphatic heterocycles. The molecule has 2 aliphatic rings. The molecular formula is C32H35Cl2N5O5. The average molecular weight is 641 g/mol. The minimum Gasteiger partial charge on any atom is -0.482 e. The third-order valence-electron chi connectivity index (χ3n) is 7.90. The fourth-order valence-corrected chi connectivity index (χ4v) is 5.68. The van der Waals surface area contributed by atoms with Gasteiger partial charge >= 0.3 is 6.03 Å². The molecule has 3 aromatic rings. The first-order valence-electron chi connectivity index (χ1n) is 14.4. The van der Waals surface area contributed by atoms with Gasteiger partial charge < -0.3 is 25.0 Å². The molecule has 0 radical (unpaired) electrons. The number of rotatable bonds is 9. The number of nitrogens with one attached hydrogen (secondary N) is 2. The van der Waals surface area contributed by atoms with E-state index in [1.807, 2.05) is 48.5 Å². The smallest absolute Gasteiger partial charge is 0.318 e. The molecule has 3 aromatic carbocycles. The summed E-state index contributed by atoms with van der Waals surface area (Å²) >= 11 is 12.4. The molecule has 10 nitrogen and oxygen atoms in total. The van der Waals surface area contributed by atoms with E-state index in [1.54, 1.807) is 31.1 Å². The number of ether oxygens (including phenoxy) is 2. The van der Waals surface area contributed by atoms with E-state index in [1.165, 1.54) is 4.90 Å². The Hall–Kier alpha value is -3.83. The zero-order chi connectivity index (χ0) is 31.2. The van der Waals surface area contributed by atoms with Crippen molar-refractivity contribution in [2.24, 2.45) is 0 Å². The van der Waals surface area contributed by atoms with Crippen molar-refractivity contribution in [2.75, 3.05) is 70.3 Å². The third kappa shape index (κ3) is 7.44. The predicted molar refractivity (Wildman–Crippen MR) is 172 cm³/mol. The van der Waals surface area contributed by atoms with E-state index in [-0.39, 0.29) is 42.1 Å². The van der Waals surface area contributed by atoms with E-state index in [0.29, 0.717) is 41.8 Å². The van der Waals surface area contributed by atoms with Crippen LogP contribution in [0.25, 0.3) is 11.1 Å². The van der Waals surface area contributed by atoms with Crippen LogP contribution < -0.4 is 20.3 Å². The zero-order valence-electron chi connectivity index (χ0n) is 24.6. The van der Waals surface area contributed by atoms with Gasteiger partial charge in [0.2, 0.25) is 5.91 Å². The largest absolute Gasteiger partial charge is 0.482 e. The van der Waals surface area contributed by atoms with Crippen LogP contribution in [-0.4, -0.2) is 87.7 Å². The molecule has 2 heterocycles. The number of urea groups is 1. The van der Waals surface area contributed by atoms with Gasteiger partial charge in [0.1, 0.15) is 12.3 Å². The fourth-order valence-electron chi connectivity index (χ4n) is 5.37. The lowest BCUT2D eigenvalue weighted by Crippen LogP contribution is -2.46. The molecule has 1 saturated heterocycles. The van der Waals surface area contributed by atoms with Gasteiger partial charge in [-0.1, -0.05) is 59.6 Å². The van der Waals surface area contributed by atoms with Gasteiger partial charge in [0.25, 0.3) is 5.91 Å². The van der Waals surface area contributed by atoms with Crippen LogP contribution in [0, 0.1) is 0 Å². The highest BCUT2D eigenvalue weighted by Crippen LogP contribution is 2.39. The predicted octanol–water partition coefficient (Wildman–Crippen LogP) is 5.06. The van der Waals surface area contributed by atoms with Crippen molar-refractivity contribution in [1.29, 1.82) is 0 Å². The van der Waals surface area contributed by atoms with Crippen LogP contribution in [0.3, 0.4) is 0 Å². The van der Waals surface area contributed by atoms with Crippen molar-refractivity contribution in [2.45, 2.75) is 12.5 Å². The van der Waals surface area contributed by atoms with Crippen molar-refractivity contribution in [3.8, 4) is 16.9 Å². The Labute approximate surface area is 266 Å². The normalized spacial score (nSPS) is 15.6. The second kappa shape index (κ2) is 14.3. The van der Waals surface area contributed by atoms with Gasteiger partial charge in [-0.05, 0) is 41.3 Å².